The van der Waals surface area contributed by atoms with Crippen LogP contribution in [-0.2, 0) is 4.79 Å². The molecule has 0 fully saturated rings. The number of amides is 1. The van der Waals surface area contributed by atoms with Gasteiger partial charge >= 0.3 is 0 Å². The van der Waals surface area contributed by atoms with E-state index in [4.69, 9.17) is 0 Å². The predicted molar refractivity (Wildman–Crippen MR) is 34.7 cm³/mol. The molecule has 0 aromatic rings. The van der Waals surface area contributed by atoms with Crippen LogP contribution < -0.4 is 10.6 Å². The zero-order valence-electron chi connectivity index (χ0n) is 5.69. The first-order valence-corrected chi connectivity index (χ1v) is 2.59. The molecule has 0 bridgehead atoms. The summed E-state index contributed by atoms with van der Waals surface area (Å²) in [5, 5.41) is 5.18. The molecule has 0 aromatic heterocycles. The summed E-state index contributed by atoms with van der Waals surface area (Å²) in [6.07, 6.45) is 0.681. The summed E-state index contributed by atoms with van der Waals surface area (Å²) in [6.45, 7) is 2.60. The number of carbonyl (C=O) groups is 1. The van der Waals surface area contributed by atoms with Crippen molar-refractivity contribution in [2.45, 2.75) is 6.92 Å². The Balaban J connectivity index is 0. The molecular formula is C5H14N2O. The van der Waals surface area contributed by atoms with Gasteiger partial charge in [-0.15, -0.1) is 0 Å². The van der Waals surface area contributed by atoms with Crippen molar-refractivity contribution < 1.29 is 4.79 Å². The average Bonchev–Trinajstić information content (AvgIpc) is 1.71. The second kappa shape index (κ2) is 16.1. The third-order valence-corrected chi connectivity index (χ3v) is 0.287. The van der Waals surface area contributed by atoms with Crippen LogP contribution in [0.4, 0.5) is 0 Å². The van der Waals surface area contributed by atoms with E-state index in [1.807, 2.05) is 21.0 Å². The largest absolute Gasteiger partial charge is 0.359 e. The van der Waals surface area contributed by atoms with Crippen molar-refractivity contribution in [1.29, 1.82) is 0 Å². The fourth-order valence-electron chi connectivity index (χ4n) is 0.0833. The molecule has 0 aliphatic rings. The molecule has 3 heteroatoms. The third-order valence-electron chi connectivity index (χ3n) is 0.287. The number of nitrogens with one attached hydrogen (secondary N) is 2. The van der Waals surface area contributed by atoms with Crippen molar-refractivity contribution in [2.24, 2.45) is 0 Å². The van der Waals surface area contributed by atoms with E-state index in [9.17, 15) is 4.79 Å². The highest BCUT2D eigenvalue weighted by Gasteiger charge is 1.59. The molecule has 3 nitrogen and oxygen atoms in total. The monoisotopic (exact) mass is 118 g/mol. The lowest BCUT2D eigenvalue weighted by Gasteiger charge is -1.78. The second-order valence-electron chi connectivity index (χ2n) is 1.18. The minimum atomic E-state index is 0.681. The normalized spacial score (nSPS) is 6.38. The number of rotatable bonds is 2. The van der Waals surface area contributed by atoms with E-state index >= 15 is 0 Å². The molecule has 0 saturated carbocycles. The lowest BCUT2D eigenvalue weighted by Crippen LogP contribution is -2.07. The molecule has 8 heavy (non-hydrogen) atoms. The summed E-state index contributed by atoms with van der Waals surface area (Å²) >= 11 is 0. The smallest absolute Gasteiger partial charge is 0.207 e. The fourth-order valence-corrected chi connectivity index (χ4v) is 0.0833. The molecule has 2 N–H and O–H groups in total. The van der Waals surface area contributed by atoms with Crippen LogP contribution in [0.2, 0.25) is 0 Å². The Bertz CT molecular complexity index is 39.4. The molecule has 1 amide bonds. The summed E-state index contributed by atoms with van der Waals surface area (Å²) in [5.41, 5.74) is 0. The van der Waals surface area contributed by atoms with Gasteiger partial charge in [0.2, 0.25) is 6.41 Å². The van der Waals surface area contributed by atoms with E-state index in [-0.39, 0.29) is 0 Å². The highest BCUT2D eigenvalue weighted by Crippen LogP contribution is 1.37. The molecule has 0 saturated heterocycles. The van der Waals surface area contributed by atoms with Gasteiger partial charge in [0, 0.05) is 6.54 Å². The van der Waals surface area contributed by atoms with Crippen LogP contribution in [-0.4, -0.2) is 27.1 Å². The fraction of sp³-hybridized carbons (Fsp3) is 0.800. The van der Waals surface area contributed by atoms with Gasteiger partial charge in [0.25, 0.3) is 0 Å². The molecule has 0 aromatic carbocycles. The summed E-state index contributed by atoms with van der Waals surface area (Å²) in [7, 11) is 3.75. The van der Waals surface area contributed by atoms with Gasteiger partial charge in [0.15, 0.2) is 0 Å². The molecule has 0 aliphatic carbocycles. The van der Waals surface area contributed by atoms with Crippen LogP contribution >= 0.6 is 0 Å². The molecule has 0 spiro atoms. The summed E-state index contributed by atoms with van der Waals surface area (Å²) in [6, 6.07) is 0. The van der Waals surface area contributed by atoms with E-state index in [1.165, 1.54) is 0 Å². The Hall–Kier alpha value is -0.570. The lowest BCUT2D eigenvalue weighted by atomic mass is 10.8. The molecular weight excluding hydrogens is 104 g/mol. The predicted octanol–water partition coefficient (Wildman–Crippen LogP) is -0.412. The van der Waals surface area contributed by atoms with Crippen molar-refractivity contribution in [3.05, 3.63) is 0 Å². The van der Waals surface area contributed by atoms with Gasteiger partial charge in [0.1, 0.15) is 0 Å². The van der Waals surface area contributed by atoms with E-state index in [1.54, 1.807) is 0 Å². The maximum absolute atomic E-state index is 9.29. The van der Waals surface area contributed by atoms with Crippen LogP contribution in [0.1, 0.15) is 6.92 Å². The maximum Gasteiger partial charge on any atom is 0.207 e. The summed E-state index contributed by atoms with van der Waals surface area (Å²) in [4.78, 5) is 9.29. The van der Waals surface area contributed by atoms with Gasteiger partial charge in [-0.1, -0.05) is 0 Å². The van der Waals surface area contributed by atoms with Crippen LogP contribution in [0.15, 0.2) is 0 Å². The van der Waals surface area contributed by atoms with Crippen molar-refractivity contribution in [3.8, 4) is 0 Å². The second-order valence-corrected chi connectivity index (χ2v) is 1.18. The van der Waals surface area contributed by atoms with Gasteiger partial charge < -0.3 is 10.6 Å². The maximum atomic E-state index is 9.29. The van der Waals surface area contributed by atoms with Crippen molar-refractivity contribution in [2.75, 3.05) is 20.6 Å². The first-order chi connectivity index (χ1) is 3.83. The number of hydrogen-bond acceptors (Lipinski definition) is 2. The van der Waals surface area contributed by atoms with Gasteiger partial charge in [0.05, 0.1) is 0 Å². The number of carbonyl (C=O) groups excluding carboxylic acids is 1. The van der Waals surface area contributed by atoms with E-state index in [2.05, 4.69) is 10.6 Å². The molecule has 0 radical (unpaired) electrons. The van der Waals surface area contributed by atoms with Crippen LogP contribution in [0.25, 0.3) is 0 Å². The lowest BCUT2D eigenvalue weighted by molar-refractivity contribution is -0.109. The Labute approximate surface area is 50.5 Å². The number of hydrogen-bond donors (Lipinski definition) is 2. The molecule has 0 aliphatic heterocycles. The Morgan fingerprint density at radius 2 is 1.88 bits per heavy atom. The Morgan fingerprint density at radius 3 is 1.88 bits per heavy atom. The van der Waals surface area contributed by atoms with E-state index < -0.39 is 0 Å². The van der Waals surface area contributed by atoms with Crippen LogP contribution in [0.3, 0.4) is 0 Å². The first-order valence-electron chi connectivity index (χ1n) is 2.59. The topological polar surface area (TPSA) is 41.1 Å². The highest BCUT2D eigenvalue weighted by molar-refractivity contribution is 5.45. The van der Waals surface area contributed by atoms with Gasteiger partial charge in [-0.25, -0.2) is 0 Å². The highest BCUT2D eigenvalue weighted by atomic mass is 16.1. The zero-order chi connectivity index (χ0) is 6.83. The molecule has 0 atom stereocenters. The summed E-state index contributed by atoms with van der Waals surface area (Å²) in [5.74, 6) is 0. The first kappa shape index (κ1) is 10.4. The van der Waals surface area contributed by atoms with Crippen LogP contribution in [0, 0.1) is 0 Å². The Kier molecular flexibility index (Phi) is 21.0. The van der Waals surface area contributed by atoms with Crippen molar-refractivity contribution in [1.82, 2.24) is 10.6 Å². The standard InChI is InChI=1S/C3H7NO.C2H7N/c1-2-4-3-5;1-3-2/h3H,2H2,1H3,(H,4,5);3H,1-2H3. The van der Waals surface area contributed by atoms with Crippen LogP contribution in [0.5, 0.6) is 0 Å². The minimum absolute atomic E-state index is 0.681. The quantitative estimate of drug-likeness (QED) is 0.484. The van der Waals surface area contributed by atoms with Gasteiger partial charge in [-0.3, -0.25) is 4.79 Å². The molecule has 0 unspecified atom stereocenters. The SMILES string of the molecule is CCNC=O.CNC. The van der Waals surface area contributed by atoms with Crippen molar-refractivity contribution >= 4 is 6.41 Å². The van der Waals surface area contributed by atoms with Gasteiger partial charge in [-0.05, 0) is 21.0 Å². The minimum Gasteiger partial charge on any atom is -0.359 e. The zero-order valence-corrected chi connectivity index (χ0v) is 5.69. The molecule has 0 heterocycles. The average molecular weight is 118 g/mol. The Morgan fingerprint density at radius 1 is 1.50 bits per heavy atom. The van der Waals surface area contributed by atoms with Crippen molar-refractivity contribution in [3.63, 3.8) is 0 Å². The van der Waals surface area contributed by atoms with Gasteiger partial charge in [-0.2, -0.15) is 0 Å². The van der Waals surface area contributed by atoms with E-state index in [0.717, 1.165) is 6.54 Å². The van der Waals surface area contributed by atoms with E-state index in [0.29, 0.717) is 6.41 Å². The third kappa shape index (κ3) is 52.1. The molecule has 50 valence electrons. The summed E-state index contributed by atoms with van der Waals surface area (Å²) < 4.78 is 0. The molecule has 0 rings (SSSR count).